The summed E-state index contributed by atoms with van der Waals surface area (Å²) in [5.74, 6) is 0. The number of aliphatic hydroxyl groups is 1. The van der Waals surface area contributed by atoms with E-state index in [4.69, 9.17) is 5.11 Å². The van der Waals surface area contributed by atoms with E-state index in [9.17, 15) is 4.79 Å². The van der Waals surface area contributed by atoms with Crippen molar-refractivity contribution >= 4 is 6.47 Å². The summed E-state index contributed by atoms with van der Waals surface area (Å²) in [7, 11) is 0. The number of carbonyl (C=O) groups excluding carboxylic acids is 1. The maximum Gasteiger partial charge on any atom is 0.293 e. The second kappa shape index (κ2) is 10.4. The summed E-state index contributed by atoms with van der Waals surface area (Å²) in [6.45, 7) is 5.98. The SMILES string of the molecule is CC(C)OC=O.CCO. The Labute approximate surface area is 55.6 Å². The van der Waals surface area contributed by atoms with E-state index in [0.717, 1.165) is 0 Å². The van der Waals surface area contributed by atoms with Gasteiger partial charge in [-0.2, -0.15) is 0 Å². The van der Waals surface area contributed by atoms with Crippen molar-refractivity contribution in [3.05, 3.63) is 0 Å². The van der Waals surface area contributed by atoms with Gasteiger partial charge in [0.1, 0.15) is 0 Å². The molecule has 3 heteroatoms. The summed E-state index contributed by atoms with van der Waals surface area (Å²) in [6.07, 6.45) is 0.0301. The van der Waals surface area contributed by atoms with Gasteiger partial charge in [-0.05, 0) is 20.8 Å². The van der Waals surface area contributed by atoms with Crippen LogP contribution in [0.5, 0.6) is 0 Å². The first-order valence-electron chi connectivity index (χ1n) is 2.89. The first-order valence-corrected chi connectivity index (χ1v) is 2.89. The van der Waals surface area contributed by atoms with Gasteiger partial charge in [0, 0.05) is 6.61 Å². The molecule has 56 valence electrons. The maximum absolute atomic E-state index is 9.39. The molecule has 0 aromatic heterocycles. The molecule has 0 rings (SSSR count). The summed E-state index contributed by atoms with van der Waals surface area (Å²) in [5, 5.41) is 7.57. The van der Waals surface area contributed by atoms with Crippen LogP contribution in [0.2, 0.25) is 0 Å². The minimum Gasteiger partial charge on any atom is -0.465 e. The molecule has 0 amide bonds. The Hall–Kier alpha value is -0.570. The molecule has 0 saturated heterocycles. The Morgan fingerprint density at radius 2 is 2.00 bits per heavy atom. The molecule has 3 nitrogen and oxygen atoms in total. The number of carbonyl (C=O) groups is 1. The lowest BCUT2D eigenvalue weighted by atomic mass is 10.5. The molecule has 0 fully saturated rings. The van der Waals surface area contributed by atoms with Gasteiger partial charge in [0.15, 0.2) is 0 Å². The number of ether oxygens (including phenoxy) is 1. The zero-order valence-electron chi connectivity index (χ0n) is 6.13. The molecule has 0 unspecified atom stereocenters. The molecule has 0 heterocycles. The number of rotatable bonds is 2. The highest BCUT2D eigenvalue weighted by atomic mass is 16.5. The van der Waals surface area contributed by atoms with Crippen molar-refractivity contribution in [2.45, 2.75) is 26.9 Å². The van der Waals surface area contributed by atoms with Crippen LogP contribution in [-0.2, 0) is 9.53 Å². The molecular formula is C6H14O3. The summed E-state index contributed by atoms with van der Waals surface area (Å²) in [6, 6.07) is 0. The number of aliphatic hydroxyl groups excluding tert-OH is 1. The number of hydrogen-bond acceptors (Lipinski definition) is 3. The van der Waals surface area contributed by atoms with Gasteiger partial charge in [0.25, 0.3) is 6.47 Å². The van der Waals surface area contributed by atoms with Crippen LogP contribution in [0.25, 0.3) is 0 Å². The third-order valence-corrected chi connectivity index (χ3v) is 0.328. The predicted molar refractivity (Wildman–Crippen MR) is 35.0 cm³/mol. The van der Waals surface area contributed by atoms with Crippen molar-refractivity contribution in [1.29, 1.82) is 0 Å². The fourth-order valence-corrected chi connectivity index (χ4v) is 0.111. The molecule has 0 aliphatic rings. The van der Waals surface area contributed by atoms with E-state index in [0.29, 0.717) is 6.47 Å². The zero-order valence-corrected chi connectivity index (χ0v) is 6.13. The normalized spacial score (nSPS) is 7.67. The molecule has 0 saturated carbocycles. The monoisotopic (exact) mass is 134 g/mol. The third kappa shape index (κ3) is 37.1. The summed E-state index contributed by atoms with van der Waals surface area (Å²) < 4.78 is 4.36. The minimum atomic E-state index is 0.0301. The van der Waals surface area contributed by atoms with Crippen LogP contribution in [0.3, 0.4) is 0 Å². The number of hydrogen-bond donors (Lipinski definition) is 1. The van der Waals surface area contributed by atoms with Crippen LogP contribution in [0.4, 0.5) is 0 Å². The molecule has 0 aliphatic heterocycles. The van der Waals surface area contributed by atoms with Crippen molar-refractivity contribution in [3.8, 4) is 0 Å². The van der Waals surface area contributed by atoms with Crippen molar-refractivity contribution in [2.75, 3.05) is 6.61 Å². The maximum atomic E-state index is 9.39. The molecule has 0 aromatic rings. The minimum absolute atomic E-state index is 0.0301. The lowest BCUT2D eigenvalue weighted by Crippen LogP contribution is -1.98. The Balaban J connectivity index is 0. The first-order chi connectivity index (χ1) is 4.18. The predicted octanol–water partition coefficient (Wildman–Crippen LogP) is 0.566. The standard InChI is InChI=1S/C4H8O2.C2H6O/c1-4(2)6-3-5;1-2-3/h3-4H,1-2H3;3H,2H2,1H3. The van der Waals surface area contributed by atoms with E-state index in [1.165, 1.54) is 0 Å². The van der Waals surface area contributed by atoms with E-state index in [1.54, 1.807) is 20.8 Å². The van der Waals surface area contributed by atoms with Crippen LogP contribution in [0.1, 0.15) is 20.8 Å². The van der Waals surface area contributed by atoms with Crippen LogP contribution in [0, 0.1) is 0 Å². The summed E-state index contributed by atoms with van der Waals surface area (Å²) >= 11 is 0. The van der Waals surface area contributed by atoms with Crippen LogP contribution in [-0.4, -0.2) is 24.3 Å². The van der Waals surface area contributed by atoms with Gasteiger partial charge in [-0.15, -0.1) is 0 Å². The van der Waals surface area contributed by atoms with E-state index in [2.05, 4.69) is 4.74 Å². The van der Waals surface area contributed by atoms with E-state index in [-0.39, 0.29) is 12.7 Å². The fraction of sp³-hybridized carbons (Fsp3) is 0.833. The molecule has 0 radical (unpaired) electrons. The third-order valence-electron chi connectivity index (χ3n) is 0.328. The molecule has 0 spiro atoms. The van der Waals surface area contributed by atoms with Crippen LogP contribution < -0.4 is 0 Å². The Morgan fingerprint density at radius 3 is 2.00 bits per heavy atom. The van der Waals surface area contributed by atoms with Gasteiger partial charge in [0.05, 0.1) is 6.10 Å². The van der Waals surface area contributed by atoms with Gasteiger partial charge in [-0.3, -0.25) is 4.79 Å². The van der Waals surface area contributed by atoms with E-state index < -0.39 is 0 Å². The molecule has 1 N–H and O–H groups in total. The molecule has 0 atom stereocenters. The van der Waals surface area contributed by atoms with Crippen LogP contribution >= 0.6 is 0 Å². The highest BCUT2D eigenvalue weighted by Gasteiger charge is 1.83. The fourth-order valence-electron chi connectivity index (χ4n) is 0.111. The van der Waals surface area contributed by atoms with Crippen molar-refractivity contribution in [3.63, 3.8) is 0 Å². The van der Waals surface area contributed by atoms with Crippen molar-refractivity contribution in [1.82, 2.24) is 0 Å². The average Bonchev–Trinajstić information content (AvgIpc) is 1.67. The molecule has 9 heavy (non-hydrogen) atoms. The van der Waals surface area contributed by atoms with E-state index >= 15 is 0 Å². The van der Waals surface area contributed by atoms with Gasteiger partial charge in [0.2, 0.25) is 0 Å². The Kier molecular flexibility index (Phi) is 13.0. The Bertz CT molecular complexity index is 52.3. The van der Waals surface area contributed by atoms with Gasteiger partial charge < -0.3 is 9.84 Å². The highest BCUT2D eigenvalue weighted by Crippen LogP contribution is 1.79. The van der Waals surface area contributed by atoms with E-state index in [1.807, 2.05) is 0 Å². The summed E-state index contributed by atoms with van der Waals surface area (Å²) in [4.78, 5) is 9.39. The topological polar surface area (TPSA) is 46.5 Å². The van der Waals surface area contributed by atoms with Gasteiger partial charge in [-0.1, -0.05) is 0 Å². The van der Waals surface area contributed by atoms with Crippen molar-refractivity contribution in [2.24, 2.45) is 0 Å². The molecule has 0 aromatic carbocycles. The second-order valence-electron chi connectivity index (χ2n) is 1.60. The van der Waals surface area contributed by atoms with Crippen molar-refractivity contribution < 1.29 is 14.6 Å². The largest absolute Gasteiger partial charge is 0.465 e. The lowest BCUT2D eigenvalue weighted by Gasteiger charge is -1.96. The molecule has 0 bridgehead atoms. The van der Waals surface area contributed by atoms with Crippen LogP contribution in [0.15, 0.2) is 0 Å². The summed E-state index contributed by atoms with van der Waals surface area (Å²) in [5.41, 5.74) is 0. The molecular weight excluding hydrogens is 120 g/mol. The highest BCUT2D eigenvalue weighted by molar-refractivity contribution is 5.37. The zero-order chi connectivity index (χ0) is 7.70. The lowest BCUT2D eigenvalue weighted by molar-refractivity contribution is -0.131. The quantitative estimate of drug-likeness (QED) is 0.561. The smallest absolute Gasteiger partial charge is 0.293 e. The average molecular weight is 134 g/mol. The first kappa shape index (κ1) is 11.3. The molecule has 0 aliphatic carbocycles. The van der Waals surface area contributed by atoms with Gasteiger partial charge in [-0.25, -0.2) is 0 Å². The Morgan fingerprint density at radius 1 is 1.67 bits per heavy atom. The van der Waals surface area contributed by atoms with Gasteiger partial charge >= 0.3 is 0 Å². The second-order valence-corrected chi connectivity index (χ2v) is 1.60.